The molecule has 0 unspecified atom stereocenters. The number of carbonyl (C=O) groups is 2. The van der Waals surface area contributed by atoms with Crippen LogP contribution in [0, 0.1) is 6.92 Å². The molecule has 8 nitrogen and oxygen atoms in total. The Morgan fingerprint density at radius 1 is 0.814 bits per heavy atom. The summed E-state index contributed by atoms with van der Waals surface area (Å²) in [6, 6.07) is 24.1. The third kappa shape index (κ3) is 7.09. The summed E-state index contributed by atoms with van der Waals surface area (Å²) in [5.41, 5.74) is 5.05. The number of benzene rings is 3. The number of furan rings is 1. The summed E-state index contributed by atoms with van der Waals surface area (Å²) in [7, 11) is 1.68. The van der Waals surface area contributed by atoms with Crippen LogP contribution in [-0.4, -0.2) is 78.9 Å². The van der Waals surface area contributed by atoms with Gasteiger partial charge in [0.2, 0.25) is 0 Å². The standard InChI is InChI=1S/C35H40N4O4/c1-25-3-5-26(6-4-25)24-38-17-19-39(20-18-38)35(41)28-9-12-32-29(21-28)22-33(43-32)34(40)36-30-13-15-37(16-14-30)23-27-7-10-31(42-2)11-8-27/h3-12,21-22,30H,13-20,23-24H2,1-2H3,(H,36,40). The summed E-state index contributed by atoms with van der Waals surface area (Å²) in [5, 5.41) is 3.92. The molecule has 0 saturated carbocycles. The third-order valence-electron chi connectivity index (χ3n) is 8.66. The molecular weight excluding hydrogens is 540 g/mol. The molecule has 2 aliphatic rings. The minimum Gasteiger partial charge on any atom is -0.497 e. The molecule has 2 amide bonds. The molecule has 6 rings (SSSR count). The van der Waals surface area contributed by atoms with Gasteiger partial charge in [-0.3, -0.25) is 19.4 Å². The van der Waals surface area contributed by atoms with Crippen LogP contribution in [0.5, 0.6) is 5.75 Å². The first kappa shape index (κ1) is 29.0. The number of fused-ring (bicyclic) bond motifs is 1. The number of hydrogen-bond acceptors (Lipinski definition) is 6. The lowest BCUT2D eigenvalue weighted by Crippen LogP contribution is -2.48. The Kier molecular flexibility index (Phi) is 8.77. The topological polar surface area (TPSA) is 78.3 Å². The summed E-state index contributed by atoms with van der Waals surface area (Å²) in [4.78, 5) is 33.1. The van der Waals surface area contributed by atoms with Crippen molar-refractivity contribution >= 4 is 22.8 Å². The van der Waals surface area contributed by atoms with E-state index in [1.807, 2.05) is 23.1 Å². The van der Waals surface area contributed by atoms with Crippen LogP contribution in [0.15, 0.2) is 77.2 Å². The van der Waals surface area contributed by atoms with Gasteiger partial charge >= 0.3 is 0 Å². The molecule has 0 radical (unpaired) electrons. The van der Waals surface area contributed by atoms with Crippen molar-refractivity contribution in [2.24, 2.45) is 0 Å². The number of hydrogen-bond donors (Lipinski definition) is 1. The van der Waals surface area contributed by atoms with E-state index < -0.39 is 0 Å². The number of ether oxygens (including phenoxy) is 1. The lowest BCUT2D eigenvalue weighted by atomic mass is 10.0. The first-order chi connectivity index (χ1) is 20.9. The van der Waals surface area contributed by atoms with Gasteiger partial charge in [0.25, 0.3) is 11.8 Å². The fourth-order valence-electron chi connectivity index (χ4n) is 6.01. The van der Waals surface area contributed by atoms with Gasteiger partial charge in [-0.05, 0) is 67.3 Å². The summed E-state index contributed by atoms with van der Waals surface area (Å²) in [6.45, 7) is 8.81. The van der Waals surface area contributed by atoms with E-state index in [4.69, 9.17) is 9.15 Å². The maximum Gasteiger partial charge on any atom is 0.287 e. The molecular formula is C35H40N4O4. The van der Waals surface area contributed by atoms with E-state index in [-0.39, 0.29) is 23.6 Å². The molecule has 0 atom stereocenters. The highest BCUT2D eigenvalue weighted by Crippen LogP contribution is 2.23. The van der Waals surface area contributed by atoms with Gasteiger partial charge < -0.3 is 19.4 Å². The van der Waals surface area contributed by atoms with Gasteiger partial charge in [-0.2, -0.15) is 0 Å². The molecule has 0 bridgehead atoms. The SMILES string of the molecule is COc1ccc(CN2CCC(NC(=O)c3cc4cc(C(=O)N5CCN(Cc6ccc(C)cc6)CC5)ccc4o3)CC2)cc1. The van der Waals surface area contributed by atoms with E-state index in [2.05, 4.69) is 58.4 Å². The molecule has 3 aromatic carbocycles. The number of carbonyl (C=O) groups excluding carboxylic acids is 2. The van der Waals surface area contributed by atoms with E-state index in [9.17, 15) is 9.59 Å². The predicted molar refractivity (Wildman–Crippen MR) is 167 cm³/mol. The molecule has 2 saturated heterocycles. The van der Waals surface area contributed by atoms with Crippen molar-refractivity contribution in [2.75, 3.05) is 46.4 Å². The van der Waals surface area contributed by atoms with Gasteiger partial charge in [0.15, 0.2) is 5.76 Å². The van der Waals surface area contributed by atoms with Crippen molar-refractivity contribution < 1.29 is 18.7 Å². The average molecular weight is 581 g/mol. The maximum atomic E-state index is 13.3. The molecule has 0 aliphatic carbocycles. The molecule has 2 aliphatic heterocycles. The van der Waals surface area contributed by atoms with E-state index in [1.165, 1.54) is 16.7 Å². The van der Waals surface area contributed by atoms with Crippen LogP contribution in [0.2, 0.25) is 0 Å². The quantitative estimate of drug-likeness (QED) is 0.313. The summed E-state index contributed by atoms with van der Waals surface area (Å²) < 4.78 is 11.1. The highest BCUT2D eigenvalue weighted by molar-refractivity contribution is 6.00. The van der Waals surface area contributed by atoms with Crippen molar-refractivity contribution in [3.63, 3.8) is 0 Å². The maximum absolute atomic E-state index is 13.3. The molecule has 4 aromatic rings. The zero-order valence-electron chi connectivity index (χ0n) is 25.1. The number of piperazine rings is 1. The number of rotatable bonds is 8. The Balaban J connectivity index is 0.993. The van der Waals surface area contributed by atoms with Crippen LogP contribution >= 0.6 is 0 Å². The fraction of sp³-hybridized carbons (Fsp3) is 0.371. The first-order valence-electron chi connectivity index (χ1n) is 15.2. The number of aryl methyl sites for hydroxylation is 1. The van der Waals surface area contributed by atoms with E-state index >= 15 is 0 Å². The van der Waals surface area contributed by atoms with E-state index in [0.29, 0.717) is 24.2 Å². The largest absolute Gasteiger partial charge is 0.497 e. The molecule has 224 valence electrons. The number of piperidine rings is 1. The van der Waals surface area contributed by atoms with Gasteiger partial charge in [-0.15, -0.1) is 0 Å². The summed E-state index contributed by atoms with van der Waals surface area (Å²) >= 11 is 0. The second-order valence-electron chi connectivity index (χ2n) is 11.8. The second kappa shape index (κ2) is 13.0. The van der Waals surface area contributed by atoms with Crippen LogP contribution in [0.4, 0.5) is 0 Å². The van der Waals surface area contributed by atoms with E-state index in [0.717, 1.165) is 63.2 Å². The normalized spacial score (nSPS) is 16.8. The Bertz CT molecular complexity index is 1550. The lowest BCUT2D eigenvalue weighted by molar-refractivity contribution is 0.0628. The number of nitrogens with one attached hydrogen (secondary N) is 1. The van der Waals surface area contributed by atoms with Crippen molar-refractivity contribution in [1.29, 1.82) is 0 Å². The zero-order valence-corrected chi connectivity index (χ0v) is 25.1. The monoisotopic (exact) mass is 580 g/mol. The Hall–Kier alpha value is -4.14. The van der Waals surface area contributed by atoms with Gasteiger partial charge in [0.1, 0.15) is 11.3 Å². The van der Waals surface area contributed by atoms with Gasteiger partial charge in [-0.25, -0.2) is 0 Å². The Morgan fingerprint density at radius 2 is 1.44 bits per heavy atom. The van der Waals surface area contributed by atoms with Crippen LogP contribution in [-0.2, 0) is 13.1 Å². The number of nitrogens with zero attached hydrogens (tertiary/aromatic N) is 3. The molecule has 1 aromatic heterocycles. The highest BCUT2D eigenvalue weighted by Gasteiger charge is 2.25. The van der Waals surface area contributed by atoms with Gasteiger partial charge in [0.05, 0.1) is 7.11 Å². The van der Waals surface area contributed by atoms with Crippen molar-refractivity contribution in [3.05, 3.63) is 101 Å². The average Bonchev–Trinajstić information content (AvgIpc) is 3.47. The Labute approximate surface area is 253 Å². The number of methoxy groups -OCH3 is 1. The molecule has 43 heavy (non-hydrogen) atoms. The van der Waals surface area contributed by atoms with Crippen LogP contribution in [0.1, 0.15) is 50.4 Å². The summed E-state index contributed by atoms with van der Waals surface area (Å²) in [5.74, 6) is 0.958. The predicted octanol–water partition coefficient (Wildman–Crippen LogP) is 5.10. The molecule has 0 spiro atoms. The first-order valence-corrected chi connectivity index (χ1v) is 15.2. The molecule has 8 heteroatoms. The molecule has 3 heterocycles. The summed E-state index contributed by atoms with van der Waals surface area (Å²) in [6.07, 6.45) is 1.78. The lowest BCUT2D eigenvalue weighted by Gasteiger charge is -2.34. The van der Waals surface area contributed by atoms with Gasteiger partial charge in [-0.1, -0.05) is 42.0 Å². The zero-order chi connectivity index (χ0) is 29.8. The van der Waals surface area contributed by atoms with Crippen LogP contribution < -0.4 is 10.1 Å². The second-order valence-corrected chi connectivity index (χ2v) is 11.8. The Morgan fingerprint density at radius 3 is 2.09 bits per heavy atom. The van der Waals surface area contributed by atoms with Gasteiger partial charge in [0, 0.05) is 69.3 Å². The van der Waals surface area contributed by atoms with Crippen LogP contribution in [0.25, 0.3) is 11.0 Å². The minimum absolute atomic E-state index is 0.0190. The molecule has 2 fully saturated rings. The number of amides is 2. The van der Waals surface area contributed by atoms with Crippen molar-refractivity contribution in [2.45, 2.75) is 38.9 Å². The van der Waals surface area contributed by atoms with Crippen molar-refractivity contribution in [1.82, 2.24) is 20.0 Å². The highest BCUT2D eigenvalue weighted by atomic mass is 16.5. The molecule has 1 N–H and O–H groups in total. The van der Waals surface area contributed by atoms with Crippen LogP contribution in [0.3, 0.4) is 0 Å². The fourth-order valence-corrected chi connectivity index (χ4v) is 6.01. The minimum atomic E-state index is -0.206. The smallest absolute Gasteiger partial charge is 0.287 e. The van der Waals surface area contributed by atoms with E-state index in [1.54, 1.807) is 25.3 Å². The van der Waals surface area contributed by atoms with Crippen molar-refractivity contribution in [3.8, 4) is 5.75 Å². The third-order valence-corrected chi connectivity index (χ3v) is 8.66. The number of likely N-dealkylation sites (tertiary alicyclic amines) is 1.